The minimum absolute atomic E-state index is 0.0402. The van der Waals surface area contributed by atoms with Crippen molar-refractivity contribution in [2.24, 2.45) is 5.92 Å². The van der Waals surface area contributed by atoms with Gasteiger partial charge in [0.05, 0.1) is 19.0 Å². The number of halogens is 2. The fraction of sp³-hybridized carbons (Fsp3) is 0.643. The van der Waals surface area contributed by atoms with Crippen LogP contribution in [0.2, 0.25) is 5.15 Å². The number of alkyl halides is 1. The molecule has 21 heavy (non-hydrogen) atoms. The number of nitrogens with zero attached hydrogens (tertiary/aromatic N) is 4. The number of fused-ring (bicyclic) bond motifs is 1. The van der Waals surface area contributed by atoms with E-state index in [0.29, 0.717) is 29.5 Å². The Kier molecular flexibility index (Phi) is 4.35. The molecule has 0 aromatic carbocycles. The van der Waals surface area contributed by atoms with E-state index in [2.05, 4.69) is 21.9 Å². The molecule has 0 bridgehead atoms. The molecule has 0 aliphatic heterocycles. The zero-order chi connectivity index (χ0) is 14.8. The molecule has 0 amide bonds. The Labute approximate surface area is 127 Å². The normalized spacial score (nSPS) is 25.2. The van der Waals surface area contributed by atoms with Crippen molar-refractivity contribution in [3.63, 3.8) is 0 Å². The number of unbranched alkanes of at least 4 members (excludes halogenated alkanes) is 1. The minimum Gasteiger partial charge on any atom is -0.381 e. The van der Waals surface area contributed by atoms with Crippen molar-refractivity contribution in [3.05, 3.63) is 17.8 Å². The lowest BCUT2D eigenvalue weighted by atomic mass is 9.78. The number of hydrogen-bond donors (Lipinski definition) is 0. The lowest BCUT2D eigenvalue weighted by Crippen LogP contribution is -2.42. The highest BCUT2D eigenvalue weighted by Crippen LogP contribution is 2.42. The molecular formula is C14H18ClFN4O. The van der Waals surface area contributed by atoms with Gasteiger partial charge in [-0.1, -0.05) is 24.9 Å². The van der Waals surface area contributed by atoms with E-state index in [4.69, 9.17) is 16.3 Å². The average molecular weight is 313 g/mol. The van der Waals surface area contributed by atoms with Crippen molar-refractivity contribution in [1.29, 1.82) is 0 Å². The van der Waals surface area contributed by atoms with Crippen LogP contribution in [-0.4, -0.2) is 38.9 Å². The van der Waals surface area contributed by atoms with Gasteiger partial charge in [0.25, 0.3) is 0 Å². The van der Waals surface area contributed by atoms with E-state index in [1.54, 1.807) is 10.9 Å². The molecular weight excluding hydrogens is 295 g/mol. The smallest absolute Gasteiger partial charge is 0.165 e. The van der Waals surface area contributed by atoms with Gasteiger partial charge in [-0.2, -0.15) is 0 Å². The number of imidazole rings is 1. The first-order valence-corrected chi connectivity index (χ1v) is 7.65. The molecule has 1 saturated carbocycles. The molecule has 114 valence electrons. The van der Waals surface area contributed by atoms with Crippen molar-refractivity contribution in [2.75, 3.05) is 13.2 Å². The van der Waals surface area contributed by atoms with Crippen LogP contribution in [0.15, 0.2) is 12.7 Å². The summed E-state index contributed by atoms with van der Waals surface area (Å²) in [5.41, 5.74) is 1.11. The van der Waals surface area contributed by atoms with Crippen LogP contribution in [0.25, 0.3) is 11.2 Å². The van der Waals surface area contributed by atoms with Gasteiger partial charge in [0.1, 0.15) is 18.0 Å². The molecule has 1 aliphatic carbocycles. The predicted octanol–water partition coefficient (Wildman–Crippen LogP) is 3.20. The van der Waals surface area contributed by atoms with E-state index in [0.717, 1.165) is 19.3 Å². The molecule has 1 unspecified atom stereocenters. The molecule has 0 saturated heterocycles. The van der Waals surface area contributed by atoms with Crippen molar-refractivity contribution in [1.82, 2.24) is 19.5 Å². The summed E-state index contributed by atoms with van der Waals surface area (Å²) in [5.74, 6) is -0.0402. The predicted molar refractivity (Wildman–Crippen MR) is 78.1 cm³/mol. The largest absolute Gasteiger partial charge is 0.381 e. The second-order valence-corrected chi connectivity index (χ2v) is 5.78. The van der Waals surface area contributed by atoms with Gasteiger partial charge in [-0.3, -0.25) is 0 Å². The molecule has 0 spiro atoms. The fourth-order valence-electron chi connectivity index (χ4n) is 2.66. The third kappa shape index (κ3) is 2.74. The highest BCUT2D eigenvalue weighted by atomic mass is 35.5. The average Bonchev–Trinajstić information content (AvgIpc) is 2.90. The molecule has 2 aromatic rings. The van der Waals surface area contributed by atoms with E-state index in [9.17, 15) is 4.39 Å². The first-order chi connectivity index (χ1) is 10.2. The number of rotatable bonds is 6. The third-order valence-electron chi connectivity index (χ3n) is 4.01. The van der Waals surface area contributed by atoms with E-state index < -0.39 is 6.17 Å². The Morgan fingerprint density at radius 2 is 2.29 bits per heavy atom. The minimum atomic E-state index is -0.933. The summed E-state index contributed by atoms with van der Waals surface area (Å²) in [6.45, 7) is 3.30. The Morgan fingerprint density at radius 3 is 3.05 bits per heavy atom. The van der Waals surface area contributed by atoms with Crippen LogP contribution in [0.3, 0.4) is 0 Å². The van der Waals surface area contributed by atoms with Crippen LogP contribution < -0.4 is 0 Å². The Bertz CT molecular complexity index is 620. The lowest BCUT2D eigenvalue weighted by molar-refractivity contribution is -0.0246. The molecule has 1 aliphatic rings. The van der Waals surface area contributed by atoms with Gasteiger partial charge in [0.2, 0.25) is 0 Å². The summed E-state index contributed by atoms with van der Waals surface area (Å²) >= 11 is 5.96. The van der Waals surface area contributed by atoms with E-state index in [-0.39, 0.29) is 12.0 Å². The summed E-state index contributed by atoms with van der Waals surface area (Å²) < 4.78 is 21.6. The number of aromatic nitrogens is 4. The van der Waals surface area contributed by atoms with Gasteiger partial charge in [-0.15, -0.1) is 0 Å². The summed E-state index contributed by atoms with van der Waals surface area (Å²) in [7, 11) is 0. The SMILES string of the molecule is CCCCOC[C@H]1C[C@@H](n2cnc3c(Cl)ncnc32)C1F. The molecule has 0 N–H and O–H groups in total. The van der Waals surface area contributed by atoms with Crippen LogP contribution in [0.4, 0.5) is 4.39 Å². The Morgan fingerprint density at radius 1 is 1.43 bits per heavy atom. The van der Waals surface area contributed by atoms with Crippen molar-refractivity contribution in [3.8, 4) is 0 Å². The lowest BCUT2D eigenvalue weighted by Gasteiger charge is -2.40. The van der Waals surface area contributed by atoms with Gasteiger partial charge in [-0.25, -0.2) is 19.3 Å². The maximum absolute atomic E-state index is 14.3. The molecule has 2 heterocycles. The van der Waals surface area contributed by atoms with Gasteiger partial charge in [0, 0.05) is 12.5 Å². The second kappa shape index (κ2) is 6.23. The van der Waals surface area contributed by atoms with E-state index >= 15 is 0 Å². The van der Waals surface area contributed by atoms with Crippen molar-refractivity contribution in [2.45, 2.75) is 38.4 Å². The van der Waals surface area contributed by atoms with Gasteiger partial charge in [-0.05, 0) is 12.8 Å². The monoisotopic (exact) mass is 312 g/mol. The first kappa shape index (κ1) is 14.7. The van der Waals surface area contributed by atoms with Gasteiger partial charge < -0.3 is 9.30 Å². The topological polar surface area (TPSA) is 52.8 Å². The Balaban J connectivity index is 1.65. The van der Waals surface area contributed by atoms with Crippen LogP contribution in [-0.2, 0) is 4.74 Å². The van der Waals surface area contributed by atoms with Crippen LogP contribution in [0.1, 0.15) is 32.2 Å². The fourth-order valence-corrected chi connectivity index (χ4v) is 2.84. The van der Waals surface area contributed by atoms with Crippen molar-refractivity contribution < 1.29 is 9.13 Å². The standard InChI is InChI=1S/C14H18ClFN4O/c1-2-3-4-21-6-9-5-10(11(9)16)20-8-19-12-13(15)17-7-18-14(12)20/h7-11H,2-6H2,1H3/t9-,10-,11?/m1/s1. The summed E-state index contributed by atoms with van der Waals surface area (Å²) in [6, 6.07) is -0.235. The van der Waals surface area contributed by atoms with Crippen LogP contribution in [0.5, 0.6) is 0 Å². The summed E-state index contributed by atoms with van der Waals surface area (Å²) in [6.07, 6.45) is 4.89. The molecule has 3 atom stereocenters. The third-order valence-corrected chi connectivity index (χ3v) is 4.28. The summed E-state index contributed by atoms with van der Waals surface area (Å²) in [4.78, 5) is 12.2. The molecule has 3 rings (SSSR count). The number of hydrogen-bond acceptors (Lipinski definition) is 4. The molecule has 7 heteroatoms. The zero-order valence-corrected chi connectivity index (χ0v) is 12.6. The summed E-state index contributed by atoms with van der Waals surface area (Å²) in [5, 5.41) is 0.299. The van der Waals surface area contributed by atoms with Crippen LogP contribution in [0, 0.1) is 5.92 Å². The molecule has 5 nitrogen and oxygen atoms in total. The number of ether oxygens (including phenoxy) is 1. The maximum atomic E-state index is 14.3. The van der Waals surface area contributed by atoms with Crippen LogP contribution >= 0.6 is 11.6 Å². The highest BCUT2D eigenvalue weighted by molar-refractivity contribution is 6.33. The van der Waals surface area contributed by atoms with Gasteiger partial charge in [0.15, 0.2) is 10.8 Å². The molecule has 0 radical (unpaired) electrons. The van der Waals surface area contributed by atoms with Gasteiger partial charge >= 0.3 is 0 Å². The maximum Gasteiger partial charge on any atom is 0.165 e. The Hall–Kier alpha value is -1.27. The van der Waals surface area contributed by atoms with Crippen molar-refractivity contribution >= 4 is 22.8 Å². The van der Waals surface area contributed by atoms with E-state index in [1.165, 1.54) is 6.33 Å². The first-order valence-electron chi connectivity index (χ1n) is 7.27. The zero-order valence-electron chi connectivity index (χ0n) is 11.9. The van der Waals surface area contributed by atoms with E-state index in [1.807, 2.05) is 0 Å². The quantitative estimate of drug-likeness (QED) is 0.607. The second-order valence-electron chi connectivity index (χ2n) is 5.42. The molecule has 2 aromatic heterocycles. The highest BCUT2D eigenvalue weighted by Gasteiger charge is 2.43. The molecule has 1 fully saturated rings.